The molecule has 192 valence electrons. The van der Waals surface area contributed by atoms with Gasteiger partial charge in [0.25, 0.3) is 0 Å². The van der Waals surface area contributed by atoms with Crippen LogP contribution in [-0.2, 0) is 20.9 Å². The Balaban J connectivity index is 1.71. The van der Waals surface area contributed by atoms with Crippen molar-refractivity contribution in [2.75, 3.05) is 19.6 Å². The summed E-state index contributed by atoms with van der Waals surface area (Å²) in [6.45, 7) is 12.6. The number of ether oxygens (including phenoxy) is 1. The third-order valence-electron chi connectivity index (χ3n) is 7.10. The van der Waals surface area contributed by atoms with E-state index in [2.05, 4.69) is 50.6 Å². The van der Waals surface area contributed by atoms with Crippen LogP contribution in [0.15, 0.2) is 12.1 Å². The number of hydrogen-bond acceptors (Lipinski definition) is 6. The molecule has 2 aromatic rings. The Morgan fingerprint density at radius 2 is 1.53 bits per heavy atom. The van der Waals surface area contributed by atoms with Gasteiger partial charge in [0.2, 0.25) is 11.8 Å². The number of hydrogen-bond donors (Lipinski definition) is 3. The molecular weight excluding hydrogens is 458 g/mol. The number of nitrogens with one attached hydrogen (secondary N) is 3. The van der Waals surface area contributed by atoms with Gasteiger partial charge >= 0.3 is 0 Å². The normalized spacial score (nSPS) is 14.6. The van der Waals surface area contributed by atoms with E-state index in [1.54, 1.807) is 0 Å². The van der Waals surface area contributed by atoms with Crippen molar-refractivity contribution in [2.45, 2.75) is 60.6 Å². The third-order valence-corrected chi connectivity index (χ3v) is 7.10. The monoisotopic (exact) mass is 493 g/mol. The van der Waals surface area contributed by atoms with Gasteiger partial charge in [0, 0.05) is 6.54 Å². The number of carbonyl (C=O) groups excluding carboxylic acids is 4. The van der Waals surface area contributed by atoms with Crippen molar-refractivity contribution in [3.05, 3.63) is 62.2 Å². The maximum absolute atomic E-state index is 13.2. The molecule has 1 aliphatic rings. The van der Waals surface area contributed by atoms with Crippen molar-refractivity contribution in [2.24, 2.45) is 0 Å². The Morgan fingerprint density at radius 1 is 0.917 bits per heavy atom. The number of benzene rings is 2. The molecule has 0 saturated heterocycles. The molecule has 3 N–H and O–H groups in total. The van der Waals surface area contributed by atoms with Crippen molar-refractivity contribution in [3.8, 4) is 5.75 Å². The molecule has 36 heavy (non-hydrogen) atoms. The Morgan fingerprint density at radius 3 is 2.17 bits per heavy atom. The summed E-state index contributed by atoms with van der Waals surface area (Å²) in [5.41, 5.74) is 9.48. The van der Waals surface area contributed by atoms with Gasteiger partial charge in [-0.15, -0.1) is 0 Å². The lowest BCUT2D eigenvalue weighted by Crippen LogP contribution is -2.41. The van der Waals surface area contributed by atoms with Crippen molar-refractivity contribution < 1.29 is 23.9 Å². The van der Waals surface area contributed by atoms with E-state index < -0.39 is 5.91 Å². The van der Waals surface area contributed by atoms with E-state index in [0.29, 0.717) is 30.6 Å². The van der Waals surface area contributed by atoms with Crippen LogP contribution in [0.5, 0.6) is 5.75 Å². The fourth-order valence-corrected chi connectivity index (χ4v) is 4.80. The van der Waals surface area contributed by atoms with Gasteiger partial charge in [-0.2, -0.15) is 0 Å². The number of aldehydes is 1. The second-order valence-corrected chi connectivity index (χ2v) is 9.41. The summed E-state index contributed by atoms with van der Waals surface area (Å²) >= 11 is 0. The zero-order valence-electron chi connectivity index (χ0n) is 21.9. The van der Waals surface area contributed by atoms with E-state index in [-0.39, 0.29) is 37.4 Å². The number of fused-ring (bicyclic) bond motifs is 1. The summed E-state index contributed by atoms with van der Waals surface area (Å²) in [4.78, 5) is 46.9. The predicted octanol–water partition coefficient (Wildman–Crippen LogP) is 2.76. The molecule has 0 fully saturated rings. The average Bonchev–Trinajstić information content (AvgIpc) is 2.83. The molecular formula is C28H35N3O5. The number of carbonyl (C=O) groups is 4. The molecule has 2 amide bonds. The lowest BCUT2D eigenvalue weighted by Gasteiger charge is -2.31. The molecule has 0 bridgehead atoms. The molecule has 0 aliphatic carbocycles. The van der Waals surface area contributed by atoms with Crippen LogP contribution in [-0.4, -0.2) is 43.5 Å². The van der Waals surface area contributed by atoms with Crippen LogP contribution in [0.2, 0.25) is 0 Å². The minimum Gasteiger partial charge on any atom is -0.484 e. The van der Waals surface area contributed by atoms with Gasteiger partial charge in [-0.25, -0.2) is 0 Å². The van der Waals surface area contributed by atoms with Crippen LogP contribution in [0.3, 0.4) is 0 Å². The highest BCUT2D eigenvalue weighted by atomic mass is 16.5. The van der Waals surface area contributed by atoms with E-state index in [1.165, 1.54) is 16.7 Å². The molecule has 1 atom stereocenters. The van der Waals surface area contributed by atoms with Crippen LogP contribution < -0.4 is 20.7 Å². The first-order valence-electron chi connectivity index (χ1n) is 12.1. The van der Waals surface area contributed by atoms with Gasteiger partial charge in [0.1, 0.15) is 18.1 Å². The highest BCUT2D eigenvalue weighted by molar-refractivity contribution is 6.01. The number of ketones is 1. The molecule has 1 aliphatic heterocycles. The van der Waals surface area contributed by atoms with Crippen molar-refractivity contribution >= 4 is 23.9 Å². The summed E-state index contributed by atoms with van der Waals surface area (Å²) in [5, 5.41) is 7.90. The Kier molecular flexibility index (Phi) is 8.63. The van der Waals surface area contributed by atoms with E-state index >= 15 is 0 Å². The summed E-state index contributed by atoms with van der Waals surface area (Å²) in [6.07, 6.45) is 0.532. The fourth-order valence-electron chi connectivity index (χ4n) is 4.80. The number of rotatable bonds is 9. The van der Waals surface area contributed by atoms with Crippen LogP contribution in [0, 0.1) is 41.5 Å². The standard InChI is InChI=1S/C28H35N3O5/c1-15-9-21(12-29-13-25(34)31-14-26(35)30-7-8-32)10-23-27(15)22(33)11-24(36-23)28-19(5)17(3)16(2)18(4)20(28)6/h8-10,24,29H,7,11-14H2,1-6H3,(H,30,35)(H,31,34). The number of amides is 2. The van der Waals surface area contributed by atoms with Gasteiger partial charge < -0.3 is 25.5 Å². The molecule has 1 heterocycles. The lowest BCUT2D eigenvalue weighted by atomic mass is 9.84. The molecule has 0 radical (unpaired) electrons. The Bertz CT molecular complexity index is 1190. The summed E-state index contributed by atoms with van der Waals surface area (Å²) < 4.78 is 6.45. The first kappa shape index (κ1) is 27.1. The van der Waals surface area contributed by atoms with Gasteiger partial charge in [-0.3, -0.25) is 14.4 Å². The first-order chi connectivity index (χ1) is 17.0. The van der Waals surface area contributed by atoms with Crippen molar-refractivity contribution in [3.63, 3.8) is 0 Å². The molecule has 0 aromatic heterocycles. The smallest absolute Gasteiger partial charge is 0.239 e. The zero-order valence-corrected chi connectivity index (χ0v) is 21.9. The topological polar surface area (TPSA) is 114 Å². The minimum atomic E-state index is -0.429. The van der Waals surface area contributed by atoms with Crippen molar-refractivity contribution in [1.29, 1.82) is 0 Å². The molecule has 0 saturated carbocycles. The summed E-state index contributed by atoms with van der Waals surface area (Å²) in [6, 6.07) is 3.79. The lowest BCUT2D eigenvalue weighted by molar-refractivity contribution is -0.126. The van der Waals surface area contributed by atoms with Crippen molar-refractivity contribution in [1.82, 2.24) is 16.0 Å². The minimum absolute atomic E-state index is 0.0137. The van der Waals surface area contributed by atoms with Gasteiger partial charge in [-0.05, 0) is 92.1 Å². The van der Waals surface area contributed by atoms with Crippen LogP contribution in [0.4, 0.5) is 0 Å². The largest absolute Gasteiger partial charge is 0.484 e. The van der Waals surface area contributed by atoms with Crippen LogP contribution in [0.1, 0.15) is 67.4 Å². The molecule has 3 rings (SSSR count). The van der Waals surface area contributed by atoms with E-state index in [1.807, 2.05) is 19.1 Å². The quantitative estimate of drug-likeness (QED) is 0.463. The SMILES string of the molecule is Cc1cc(CNCC(=O)NCC(=O)NCC=O)cc2c1C(=O)CC(c1c(C)c(C)c(C)c(C)c1C)O2. The molecule has 8 nitrogen and oxygen atoms in total. The second-order valence-electron chi connectivity index (χ2n) is 9.41. The fraction of sp³-hybridized carbons (Fsp3) is 0.429. The molecule has 8 heteroatoms. The van der Waals surface area contributed by atoms with E-state index in [0.717, 1.165) is 27.8 Å². The van der Waals surface area contributed by atoms with Crippen LogP contribution in [0.25, 0.3) is 0 Å². The van der Waals surface area contributed by atoms with Gasteiger partial charge in [0.05, 0.1) is 31.6 Å². The predicted molar refractivity (Wildman–Crippen MR) is 137 cm³/mol. The number of Topliss-reactive ketones (excluding diaryl/α,β-unsaturated/α-hetero) is 1. The third kappa shape index (κ3) is 5.82. The second kappa shape index (κ2) is 11.5. The highest BCUT2D eigenvalue weighted by Crippen LogP contribution is 2.41. The first-order valence-corrected chi connectivity index (χ1v) is 12.1. The maximum atomic E-state index is 13.2. The number of aryl methyl sites for hydroxylation is 1. The average molecular weight is 494 g/mol. The Labute approximate surface area is 212 Å². The van der Waals surface area contributed by atoms with Gasteiger partial charge in [-0.1, -0.05) is 6.07 Å². The maximum Gasteiger partial charge on any atom is 0.239 e. The van der Waals surface area contributed by atoms with Crippen LogP contribution >= 0.6 is 0 Å². The summed E-state index contributed by atoms with van der Waals surface area (Å²) in [7, 11) is 0. The van der Waals surface area contributed by atoms with Gasteiger partial charge in [0.15, 0.2) is 5.78 Å². The Hall–Kier alpha value is -3.52. The van der Waals surface area contributed by atoms with E-state index in [4.69, 9.17) is 4.74 Å². The highest BCUT2D eigenvalue weighted by Gasteiger charge is 2.32. The molecule has 0 spiro atoms. The molecule has 1 unspecified atom stereocenters. The summed E-state index contributed by atoms with van der Waals surface area (Å²) in [5.74, 6) is -0.130. The van der Waals surface area contributed by atoms with E-state index in [9.17, 15) is 19.2 Å². The molecule has 2 aromatic carbocycles. The zero-order chi connectivity index (χ0) is 26.6.